The molecule has 0 saturated heterocycles. The molecule has 182 valence electrons. The van der Waals surface area contributed by atoms with Crippen molar-refractivity contribution >= 4 is 48.9 Å². The number of rotatable bonds is 4. The third-order valence-electron chi connectivity index (χ3n) is 5.90. The van der Waals surface area contributed by atoms with Crippen LogP contribution >= 0.6 is 0 Å². The zero-order valence-corrected chi connectivity index (χ0v) is 20.3. The zero-order valence-electron chi connectivity index (χ0n) is 18.7. The molecule has 0 radical (unpaired) electrons. The number of benzene rings is 3. The second kappa shape index (κ2) is 7.99. The Hall–Kier alpha value is -3.58. The Labute approximate surface area is 201 Å². The van der Waals surface area contributed by atoms with Crippen molar-refractivity contribution < 1.29 is 35.5 Å². The van der Waals surface area contributed by atoms with E-state index >= 15 is 0 Å². The number of anilines is 3. The molecule has 1 aliphatic carbocycles. The van der Waals surface area contributed by atoms with Gasteiger partial charge in [-0.3, -0.25) is 18.7 Å². The lowest BCUT2D eigenvalue weighted by molar-refractivity contribution is 0.0980. The molecular formula is C23H20N2O8S2. The zero-order chi connectivity index (χ0) is 26.0. The van der Waals surface area contributed by atoms with Gasteiger partial charge in [-0.15, -0.1) is 0 Å². The van der Waals surface area contributed by atoms with Gasteiger partial charge < -0.3 is 11.1 Å². The number of nitrogen functional groups attached to an aromatic ring is 1. The minimum absolute atomic E-state index is 0.0199. The Morgan fingerprint density at radius 2 is 1.34 bits per heavy atom. The van der Waals surface area contributed by atoms with Gasteiger partial charge in [-0.25, -0.2) is 0 Å². The number of carbonyl (C=O) groups excluding carboxylic acids is 2. The van der Waals surface area contributed by atoms with E-state index in [1.165, 1.54) is 38.1 Å². The van der Waals surface area contributed by atoms with Crippen molar-refractivity contribution in [3.05, 3.63) is 75.3 Å². The molecule has 0 aliphatic heterocycles. The molecule has 1 aliphatic rings. The molecule has 5 N–H and O–H groups in total. The van der Waals surface area contributed by atoms with Gasteiger partial charge in [0.05, 0.1) is 22.5 Å². The molecule has 35 heavy (non-hydrogen) atoms. The van der Waals surface area contributed by atoms with E-state index in [0.29, 0.717) is 5.56 Å². The molecular weight excluding hydrogens is 496 g/mol. The number of carbonyl (C=O) groups is 2. The van der Waals surface area contributed by atoms with Crippen molar-refractivity contribution in [2.75, 3.05) is 11.1 Å². The van der Waals surface area contributed by atoms with Crippen molar-refractivity contribution in [3.63, 3.8) is 0 Å². The molecule has 0 amide bonds. The highest BCUT2D eigenvalue weighted by Gasteiger charge is 2.36. The third kappa shape index (κ3) is 3.90. The van der Waals surface area contributed by atoms with Gasteiger partial charge in [-0.1, -0.05) is 30.3 Å². The molecule has 10 nitrogen and oxygen atoms in total. The fourth-order valence-electron chi connectivity index (χ4n) is 4.50. The highest BCUT2D eigenvalue weighted by Crippen LogP contribution is 2.41. The van der Waals surface area contributed by atoms with Crippen LogP contribution in [0.1, 0.15) is 48.5 Å². The van der Waals surface area contributed by atoms with Gasteiger partial charge in [0.2, 0.25) is 0 Å². The van der Waals surface area contributed by atoms with E-state index in [9.17, 15) is 35.5 Å². The molecule has 0 atom stereocenters. The average Bonchev–Trinajstić information content (AvgIpc) is 2.73. The highest BCUT2D eigenvalue weighted by atomic mass is 32.2. The second-order valence-corrected chi connectivity index (χ2v) is 11.0. The molecule has 4 rings (SSSR count). The SMILES string of the molecule is Cc1cc(C)c(S(=O)(=O)O)c(C)c1Nc1cc(S(=O)(=O)O)c(N)c2c1C(=O)c1ccccc1C2=O. The summed E-state index contributed by atoms with van der Waals surface area (Å²) in [7, 11) is -9.55. The molecule has 0 unspecified atom stereocenters. The van der Waals surface area contributed by atoms with Crippen molar-refractivity contribution in [2.24, 2.45) is 0 Å². The first-order valence-corrected chi connectivity index (χ1v) is 13.0. The van der Waals surface area contributed by atoms with E-state index in [-0.39, 0.29) is 44.1 Å². The Balaban J connectivity index is 2.08. The Kier molecular flexibility index (Phi) is 5.60. The number of hydrogen-bond acceptors (Lipinski definition) is 8. The summed E-state index contributed by atoms with van der Waals surface area (Å²) in [5.41, 5.74) is 5.67. The first kappa shape index (κ1) is 24.5. The molecule has 0 fully saturated rings. The fraction of sp³-hybridized carbons (Fsp3) is 0.130. The van der Waals surface area contributed by atoms with Crippen LogP contribution in [0.2, 0.25) is 0 Å². The summed E-state index contributed by atoms with van der Waals surface area (Å²) >= 11 is 0. The van der Waals surface area contributed by atoms with Crippen LogP contribution in [-0.2, 0) is 20.2 Å². The number of hydrogen-bond donors (Lipinski definition) is 4. The Morgan fingerprint density at radius 3 is 1.86 bits per heavy atom. The monoisotopic (exact) mass is 516 g/mol. The summed E-state index contributed by atoms with van der Waals surface area (Å²) in [5.74, 6) is -1.33. The quantitative estimate of drug-likeness (QED) is 0.232. The molecule has 3 aromatic carbocycles. The van der Waals surface area contributed by atoms with Crippen LogP contribution in [0.25, 0.3) is 0 Å². The maximum absolute atomic E-state index is 13.4. The van der Waals surface area contributed by atoms with Gasteiger partial charge in [0.15, 0.2) is 11.6 Å². The number of ketones is 2. The van der Waals surface area contributed by atoms with Crippen LogP contribution < -0.4 is 11.1 Å². The van der Waals surface area contributed by atoms with Crippen LogP contribution in [0.4, 0.5) is 17.1 Å². The van der Waals surface area contributed by atoms with Crippen LogP contribution in [-0.4, -0.2) is 37.5 Å². The van der Waals surface area contributed by atoms with Gasteiger partial charge in [0, 0.05) is 16.8 Å². The first-order chi connectivity index (χ1) is 16.1. The number of nitrogens with one attached hydrogen (secondary N) is 1. The van der Waals surface area contributed by atoms with Crippen molar-refractivity contribution in [1.29, 1.82) is 0 Å². The summed E-state index contributed by atoms with van der Waals surface area (Å²) in [6, 6.07) is 8.33. The summed E-state index contributed by atoms with van der Waals surface area (Å²) in [6.45, 7) is 4.54. The summed E-state index contributed by atoms with van der Waals surface area (Å²) < 4.78 is 67.6. The summed E-state index contributed by atoms with van der Waals surface area (Å²) in [4.78, 5) is 25.5. The van der Waals surface area contributed by atoms with Gasteiger partial charge in [0.1, 0.15) is 9.79 Å². The minimum atomic E-state index is -4.92. The van der Waals surface area contributed by atoms with E-state index in [2.05, 4.69) is 5.32 Å². The van der Waals surface area contributed by atoms with Gasteiger partial charge in [-0.2, -0.15) is 16.8 Å². The lowest BCUT2D eigenvalue weighted by Gasteiger charge is -2.25. The molecule has 0 bridgehead atoms. The first-order valence-electron chi connectivity index (χ1n) is 10.1. The topological polar surface area (TPSA) is 181 Å². The average molecular weight is 517 g/mol. The Bertz CT molecular complexity index is 1690. The minimum Gasteiger partial charge on any atom is -0.397 e. The number of aryl methyl sites for hydroxylation is 2. The van der Waals surface area contributed by atoms with Gasteiger partial charge in [-0.05, 0) is 43.5 Å². The smallest absolute Gasteiger partial charge is 0.296 e. The van der Waals surface area contributed by atoms with E-state index in [0.717, 1.165) is 6.07 Å². The number of nitrogens with two attached hydrogens (primary N) is 1. The highest BCUT2D eigenvalue weighted by molar-refractivity contribution is 7.86. The normalized spacial score (nSPS) is 13.4. The molecule has 12 heteroatoms. The molecule has 0 saturated carbocycles. The third-order valence-corrected chi connectivity index (χ3v) is 7.93. The van der Waals surface area contributed by atoms with Crippen molar-refractivity contribution in [3.8, 4) is 0 Å². The predicted molar refractivity (Wildman–Crippen MR) is 128 cm³/mol. The molecule has 0 heterocycles. The van der Waals surface area contributed by atoms with E-state index in [1.807, 2.05) is 0 Å². The van der Waals surface area contributed by atoms with E-state index in [1.54, 1.807) is 13.0 Å². The van der Waals surface area contributed by atoms with Crippen molar-refractivity contribution in [2.45, 2.75) is 30.6 Å². The van der Waals surface area contributed by atoms with Crippen LogP contribution in [0, 0.1) is 20.8 Å². The molecule has 0 spiro atoms. The van der Waals surface area contributed by atoms with E-state index < -0.39 is 47.9 Å². The lowest BCUT2D eigenvalue weighted by Crippen LogP contribution is -2.25. The van der Waals surface area contributed by atoms with Crippen LogP contribution in [0.3, 0.4) is 0 Å². The van der Waals surface area contributed by atoms with Crippen molar-refractivity contribution in [1.82, 2.24) is 0 Å². The largest absolute Gasteiger partial charge is 0.397 e. The second-order valence-electron chi connectivity index (χ2n) is 8.20. The maximum Gasteiger partial charge on any atom is 0.296 e. The number of fused-ring (bicyclic) bond motifs is 2. The standard InChI is InChI=1S/C23H20N2O8S2/c1-10-8-11(2)23(35(31,32)33)12(3)20(10)25-15-9-16(34(28,29)30)19(24)18-17(15)21(26)13-6-4-5-7-14(13)22(18)27/h4-9,25H,24H2,1-3H3,(H,28,29,30)(H,31,32,33). The summed E-state index contributed by atoms with van der Waals surface area (Å²) in [6.07, 6.45) is 0. The van der Waals surface area contributed by atoms with E-state index in [4.69, 9.17) is 5.73 Å². The summed E-state index contributed by atoms with van der Waals surface area (Å²) in [5, 5.41) is 2.85. The predicted octanol–water partition coefficient (Wildman–Crippen LogP) is 3.21. The van der Waals surface area contributed by atoms with Gasteiger partial charge in [0.25, 0.3) is 20.2 Å². The Morgan fingerprint density at radius 1 is 0.800 bits per heavy atom. The molecule has 3 aromatic rings. The van der Waals surface area contributed by atoms with Gasteiger partial charge >= 0.3 is 0 Å². The fourth-order valence-corrected chi connectivity index (χ4v) is 6.10. The van der Waals surface area contributed by atoms with Crippen LogP contribution in [0.15, 0.2) is 46.2 Å². The lowest BCUT2D eigenvalue weighted by atomic mass is 9.82. The molecule has 0 aromatic heterocycles. The van der Waals surface area contributed by atoms with Crippen LogP contribution in [0.5, 0.6) is 0 Å². The maximum atomic E-state index is 13.4.